The van der Waals surface area contributed by atoms with E-state index in [0.29, 0.717) is 24.7 Å². The SMILES string of the molecule is O=C(O)C(F)(F)F.O=C(c1cc(Cl)c(O)cc1OC[C@@H](O)CN1CCC2(CC1)Cc1cc(Cl)ccc1O2)N1CC[C@@H](CO)C1. The summed E-state index contributed by atoms with van der Waals surface area (Å²) in [5.74, 6) is -2.10. The minimum Gasteiger partial charge on any atom is -0.506 e. The van der Waals surface area contributed by atoms with Crippen molar-refractivity contribution in [3.8, 4) is 17.2 Å². The first-order valence-electron chi connectivity index (χ1n) is 13.9. The molecule has 0 aliphatic carbocycles. The van der Waals surface area contributed by atoms with Gasteiger partial charge < -0.3 is 39.7 Å². The Morgan fingerprint density at radius 2 is 1.82 bits per heavy atom. The highest BCUT2D eigenvalue weighted by Gasteiger charge is 2.42. The molecule has 0 radical (unpaired) electrons. The molecule has 2 saturated heterocycles. The fourth-order valence-corrected chi connectivity index (χ4v) is 5.88. The number of hydrogen-bond acceptors (Lipinski definition) is 8. The highest BCUT2D eigenvalue weighted by molar-refractivity contribution is 6.32. The van der Waals surface area contributed by atoms with E-state index in [1.54, 1.807) is 4.90 Å². The van der Waals surface area contributed by atoms with Crippen molar-refractivity contribution in [1.82, 2.24) is 9.80 Å². The Hall–Kier alpha value is -2.97. The fourth-order valence-electron chi connectivity index (χ4n) is 5.53. The van der Waals surface area contributed by atoms with E-state index in [-0.39, 0.29) is 52.7 Å². The molecule has 3 aliphatic heterocycles. The number of alkyl halides is 3. The Morgan fingerprint density at radius 3 is 2.43 bits per heavy atom. The predicted octanol–water partition coefficient (Wildman–Crippen LogP) is 4.00. The first-order valence-corrected chi connectivity index (χ1v) is 14.7. The van der Waals surface area contributed by atoms with Gasteiger partial charge in [0.2, 0.25) is 0 Å². The van der Waals surface area contributed by atoms with Crippen LogP contribution in [0.25, 0.3) is 0 Å². The number of phenols is 1. The minimum absolute atomic E-state index is 0.0285. The van der Waals surface area contributed by atoms with Crippen molar-refractivity contribution in [3.63, 3.8) is 0 Å². The summed E-state index contributed by atoms with van der Waals surface area (Å²) in [5, 5.41) is 38.1. The fraction of sp³-hybridized carbons (Fsp3) is 0.517. The van der Waals surface area contributed by atoms with Gasteiger partial charge in [0.15, 0.2) is 0 Å². The van der Waals surface area contributed by atoms with E-state index in [1.165, 1.54) is 12.1 Å². The largest absolute Gasteiger partial charge is 0.506 e. The number of rotatable bonds is 7. The topological polar surface area (TPSA) is 140 Å². The molecule has 44 heavy (non-hydrogen) atoms. The van der Waals surface area contributed by atoms with Gasteiger partial charge >= 0.3 is 12.1 Å². The monoisotopic (exact) mass is 664 g/mol. The number of aliphatic hydroxyl groups excluding tert-OH is 2. The average molecular weight is 665 g/mol. The van der Waals surface area contributed by atoms with Gasteiger partial charge in [-0.3, -0.25) is 4.79 Å². The number of nitrogens with zero attached hydrogens (tertiary/aromatic N) is 2. The van der Waals surface area contributed by atoms with E-state index < -0.39 is 18.2 Å². The van der Waals surface area contributed by atoms with Crippen molar-refractivity contribution in [2.24, 2.45) is 5.92 Å². The molecule has 0 saturated carbocycles. The number of amides is 1. The van der Waals surface area contributed by atoms with Crippen LogP contribution in [0.3, 0.4) is 0 Å². The van der Waals surface area contributed by atoms with E-state index in [9.17, 15) is 33.3 Å². The third-order valence-electron chi connectivity index (χ3n) is 7.88. The van der Waals surface area contributed by atoms with Crippen LogP contribution in [0.1, 0.15) is 35.2 Å². The van der Waals surface area contributed by atoms with Gasteiger partial charge in [-0.1, -0.05) is 23.2 Å². The number of ether oxygens (including phenoxy) is 2. The van der Waals surface area contributed by atoms with Crippen molar-refractivity contribution in [2.45, 2.75) is 43.6 Å². The molecule has 3 aliphatic rings. The lowest BCUT2D eigenvalue weighted by Crippen LogP contribution is -2.49. The zero-order valence-corrected chi connectivity index (χ0v) is 25.0. The Labute approximate surface area is 261 Å². The van der Waals surface area contributed by atoms with Crippen LogP contribution in [0, 0.1) is 5.92 Å². The molecule has 10 nitrogen and oxygen atoms in total. The van der Waals surface area contributed by atoms with E-state index in [4.69, 9.17) is 42.6 Å². The quantitative estimate of drug-likeness (QED) is 0.346. The van der Waals surface area contributed by atoms with Gasteiger partial charge in [0, 0.05) is 75.6 Å². The average Bonchev–Trinajstić information content (AvgIpc) is 3.59. The number of likely N-dealkylation sites (tertiary alicyclic amines) is 2. The Balaban J connectivity index is 0.000000566. The van der Waals surface area contributed by atoms with E-state index in [2.05, 4.69) is 4.90 Å². The summed E-state index contributed by atoms with van der Waals surface area (Å²) < 4.78 is 43.9. The maximum atomic E-state index is 13.1. The lowest BCUT2D eigenvalue weighted by molar-refractivity contribution is -0.192. The molecule has 0 unspecified atom stereocenters. The normalized spacial score (nSPS) is 20.0. The lowest BCUT2D eigenvalue weighted by Gasteiger charge is -2.39. The summed E-state index contributed by atoms with van der Waals surface area (Å²) in [4.78, 5) is 25.8. The molecule has 1 amide bonds. The molecule has 0 aromatic heterocycles. The molecular weight excluding hydrogens is 632 g/mol. The van der Waals surface area contributed by atoms with Gasteiger partial charge in [-0.05, 0) is 36.2 Å². The lowest BCUT2D eigenvalue weighted by atomic mass is 9.87. The van der Waals surface area contributed by atoms with Gasteiger partial charge in [0.05, 0.1) is 10.6 Å². The minimum atomic E-state index is -5.08. The summed E-state index contributed by atoms with van der Waals surface area (Å²) in [7, 11) is 0. The number of carbonyl (C=O) groups excluding carboxylic acids is 1. The molecule has 2 fully saturated rings. The maximum absolute atomic E-state index is 13.1. The number of aliphatic hydroxyl groups is 2. The molecule has 5 rings (SSSR count). The molecule has 1 spiro atoms. The van der Waals surface area contributed by atoms with Crippen molar-refractivity contribution in [3.05, 3.63) is 51.5 Å². The van der Waals surface area contributed by atoms with Crippen LogP contribution in [-0.4, -0.2) is 106 Å². The number of carboxylic acid groups (broad SMARTS) is 1. The predicted molar refractivity (Wildman–Crippen MR) is 154 cm³/mol. The number of benzene rings is 2. The highest BCUT2D eigenvalue weighted by atomic mass is 35.5. The van der Waals surface area contributed by atoms with Crippen molar-refractivity contribution in [1.29, 1.82) is 0 Å². The first kappa shape index (κ1) is 33.9. The number of phenolic OH excluding ortho intramolecular Hbond substituents is 1. The molecule has 3 heterocycles. The summed E-state index contributed by atoms with van der Waals surface area (Å²) in [5.41, 5.74) is 1.16. The van der Waals surface area contributed by atoms with Crippen LogP contribution < -0.4 is 9.47 Å². The zero-order chi connectivity index (χ0) is 32.2. The number of β-amino-alcohol motifs (C(OH)–C–C–N with tert-alkyl or cyclic N) is 1. The standard InChI is InChI=1S/C27H32Cl2N2O6.C2HF3O2/c28-19-1-2-24-18(9-19)12-27(37-24)4-7-30(8-5-27)14-20(33)16-36-25-11-23(34)22(29)10-21(25)26(35)31-6-3-17(13-31)15-32;3-2(4,5)1(6)7/h1-2,9-11,17,20,32-34H,3-8,12-16H2;(H,6,7)/t17-,20+;/m1./s1. The van der Waals surface area contributed by atoms with Crippen LogP contribution in [0.15, 0.2) is 30.3 Å². The molecule has 242 valence electrons. The third kappa shape index (κ3) is 8.39. The number of hydrogen-bond donors (Lipinski definition) is 4. The third-order valence-corrected chi connectivity index (χ3v) is 8.42. The van der Waals surface area contributed by atoms with Crippen molar-refractivity contribution < 1.29 is 52.7 Å². The molecule has 2 atom stereocenters. The van der Waals surface area contributed by atoms with Gasteiger partial charge in [0.25, 0.3) is 5.91 Å². The summed E-state index contributed by atoms with van der Waals surface area (Å²) in [6.07, 6.45) is -2.61. The summed E-state index contributed by atoms with van der Waals surface area (Å²) in [6.45, 7) is 2.96. The van der Waals surface area contributed by atoms with E-state index in [0.717, 1.165) is 50.1 Å². The number of carboxylic acids is 1. The van der Waals surface area contributed by atoms with Gasteiger partial charge in [-0.25, -0.2) is 4.79 Å². The van der Waals surface area contributed by atoms with Crippen molar-refractivity contribution >= 4 is 35.1 Å². The molecule has 2 aromatic carbocycles. The Bertz CT molecular complexity index is 1350. The number of halogens is 5. The highest BCUT2D eigenvalue weighted by Crippen LogP contribution is 2.42. The van der Waals surface area contributed by atoms with Crippen LogP contribution >= 0.6 is 23.2 Å². The molecule has 15 heteroatoms. The van der Waals surface area contributed by atoms with Gasteiger partial charge in [-0.15, -0.1) is 0 Å². The van der Waals surface area contributed by atoms with Gasteiger partial charge in [0.1, 0.15) is 35.6 Å². The second-order valence-electron chi connectivity index (χ2n) is 11.2. The second-order valence-corrected chi connectivity index (χ2v) is 12.0. The van der Waals surface area contributed by atoms with E-state index >= 15 is 0 Å². The number of fused-ring (bicyclic) bond motifs is 1. The molecule has 0 bridgehead atoms. The van der Waals surface area contributed by atoms with Gasteiger partial charge in [-0.2, -0.15) is 13.2 Å². The number of aromatic hydroxyl groups is 1. The molecule has 4 N–H and O–H groups in total. The number of carbonyl (C=O) groups is 2. The number of piperidine rings is 1. The Kier molecular flexibility index (Phi) is 10.8. The first-order chi connectivity index (χ1) is 20.7. The van der Waals surface area contributed by atoms with Crippen LogP contribution in [0.2, 0.25) is 10.0 Å². The molecule has 2 aromatic rings. The van der Waals surface area contributed by atoms with Crippen LogP contribution in [-0.2, 0) is 11.2 Å². The second kappa shape index (κ2) is 14.0. The molecular formula is C29H33Cl2F3N2O8. The summed E-state index contributed by atoms with van der Waals surface area (Å²) >= 11 is 12.2. The smallest absolute Gasteiger partial charge is 0.490 e. The summed E-state index contributed by atoms with van der Waals surface area (Å²) in [6, 6.07) is 8.46. The zero-order valence-electron chi connectivity index (χ0n) is 23.5. The van der Waals surface area contributed by atoms with Crippen molar-refractivity contribution in [2.75, 3.05) is 45.9 Å². The maximum Gasteiger partial charge on any atom is 0.490 e. The van der Waals surface area contributed by atoms with E-state index in [1.807, 2.05) is 18.2 Å². The number of aliphatic carboxylic acids is 1. The van der Waals surface area contributed by atoms with Crippen LogP contribution in [0.5, 0.6) is 17.2 Å². The Morgan fingerprint density at radius 1 is 1.14 bits per heavy atom. The van der Waals surface area contributed by atoms with Crippen LogP contribution in [0.4, 0.5) is 13.2 Å².